The summed E-state index contributed by atoms with van der Waals surface area (Å²) in [6, 6.07) is 20.3. The summed E-state index contributed by atoms with van der Waals surface area (Å²) in [4.78, 5) is 25.5. The van der Waals surface area contributed by atoms with E-state index in [2.05, 4.69) is 9.69 Å². The van der Waals surface area contributed by atoms with Gasteiger partial charge < -0.3 is 9.47 Å². The Kier molecular flexibility index (Phi) is 7.19. The molecule has 9 heteroatoms. The largest absolute Gasteiger partial charge is 0.468 e. The lowest BCUT2D eigenvalue weighted by molar-refractivity contribution is -0.143. The maximum Gasteiger partial charge on any atom is 0.412 e. The maximum atomic E-state index is 13.6. The summed E-state index contributed by atoms with van der Waals surface area (Å²) in [7, 11) is 1.43. The number of hydrogen-bond donors (Lipinski definition) is 1. The molecule has 1 N–H and O–H groups in total. The second-order valence-corrected chi connectivity index (χ2v) is 10.3. The highest BCUT2D eigenvalue weighted by Gasteiger charge is 2.52. The molecule has 1 fully saturated rings. The van der Waals surface area contributed by atoms with Crippen molar-refractivity contribution in [2.24, 2.45) is 0 Å². The van der Waals surface area contributed by atoms with E-state index in [-0.39, 0.29) is 17.6 Å². The number of aryl methyl sites for hydroxylation is 1. The molecule has 0 spiro atoms. The minimum atomic E-state index is -0.688. The van der Waals surface area contributed by atoms with E-state index in [1.807, 2.05) is 48.5 Å². The normalized spacial score (nSPS) is 13.6. The first-order valence-electron chi connectivity index (χ1n) is 11.9. The van der Waals surface area contributed by atoms with Crippen molar-refractivity contribution in [3.05, 3.63) is 94.4 Å². The summed E-state index contributed by atoms with van der Waals surface area (Å²) in [6.45, 7) is 1.64. The van der Waals surface area contributed by atoms with E-state index in [4.69, 9.17) is 21.1 Å². The van der Waals surface area contributed by atoms with Crippen LogP contribution in [0.5, 0.6) is 0 Å². The average Bonchev–Trinajstić information content (AvgIpc) is 3.68. The van der Waals surface area contributed by atoms with Crippen LogP contribution < -0.4 is 5.32 Å². The molecule has 0 saturated heterocycles. The van der Waals surface area contributed by atoms with Gasteiger partial charge >= 0.3 is 12.1 Å². The molecular weight excluding hydrogens is 527 g/mol. The summed E-state index contributed by atoms with van der Waals surface area (Å²) in [6.07, 6.45) is 0.932. The van der Waals surface area contributed by atoms with Gasteiger partial charge in [-0.2, -0.15) is 4.37 Å². The van der Waals surface area contributed by atoms with Crippen LogP contribution >= 0.6 is 23.1 Å². The second-order valence-electron chi connectivity index (χ2n) is 9.11. The Labute approximate surface area is 228 Å². The van der Waals surface area contributed by atoms with Gasteiger partial charge in [-0.15, -0.1) is 0 Å². The number of nitrogens with one attached hydrogen (secondary N) is 1. The van der Waals surface area contributed by atoms with Gasteiger partial charge in [0.15, 0.2) is 0 Å². The van der Waals surface area contributed by atoms with Crippen molar-refractivity contribution in [1.29, 1.82) is 0 Å². The van der Waals surface area contributed by atoms with Crippen molar-refractivity contribution in [3.63, 3.8) is 0 Å². The monoisotopic (exact) mass is 550 g/mol. The van der Waals surface area contributed by atoms with Crippen LogP contribution in [0.15, 0.2) is 66.7 Å². The van der Waals surface area contributed by atoms with Gasteiger partial charge in [0.2, 0.25) is 0 Å². The van der Waals surface area contributed by atoms with Crippen LogP contribution in [0, 0.1) is 12.7 Å². The molecule has 1 aliphatic rings. The summed E-state index contributed by atoms with van der Waals surface area (Å²) in [5.74, 6) is -0.749. The molecule has 3 aromatic carbocycles. The fourth-order valence-corrected chi connectivity index (χ4v) is 5.41. The topological polar surface area (TPSA) is 77.5 Å². The van der Waals surface area contributed by atoms with E-state index in [0.29, 0.717) is 16.9 Å². The van der Waals surface area contributed by atoms with Crippen LogP contribution in [0.25, 0.3) is 21.6 Å². The number of amides is 1. The quantitative estimate of drug-likeness (QED) is 0.241. The van der Waals surface area contributed by atoms with E-state index < -0.39 is 17.3 Å². The van der Waals surface area contributed by atoms with Crippen molar-refractivity contribution in [3.8, 4) is 21.6 Å². The maximum absolute atomic E-state index is 13.6. The Morgan fingerprint density at radius 3 is 2.29 bits per heavy atom. The third kappa shape index (κ3) is 5.01. The Morgan fingerprint density at radius 1 is 1.03 bits per heavy atom. The first-order valence-corrected chi connectivity index (χ1v) is 13.1. The molecule has 0 unspecified atom stereocenters. The molecular formula is C29H24ClFN2O4S. The van der Waals surface area contributed by atoms with Gasteiger partial charge in [-0.05, 0) is 59.6 Å². The Hall–Kier alpha value is -3.75. The number of benzene rings is 3. The Balaban J connectivity index is 1.28. The standard InChI is InChI=1S/C29H24ClFN2O4S/c1-17-25(32-28(35)37-16-21-4-3-5-23(31)24(21)30)26(38-33-17)20-8-6-18(7-9-20)19-10-12-22(13-11-19)29(14-15-29)27(34)36-2/h3-13H,14-16H2,1-2H3,(H,32,35). The molecule has 0 bridgehead atoms. The number of nitrogens with zero attached hydrogens (tertiary/aromatic N) is 1. The third-order valence-corrected chi connectivity index (χ3v) is 8.13. The van der Waals surface area contributed by atoms with Crippen molar-refractivity contribution >= 4 is 40.9 Å². The number of carbonyl (C=O) groups is 2. The predicted octanol–water partition coefficient (Wildman–Crippen LogP) is 7.53. The Morgan fingerprint density at radius 2 is 1.66 bits per heavy atom. The van der Waals surface area contributed by atoms with Crippen LogP contribution in [-0.2, 0) is 26.3 Å². The number of aromatic nitrogens is 1. The third-order valence-electron chi connectivity index (χ3n) is 6.72. The average molecular weight is 551 g/mol. The van der Waals surface area contributed by atoms with Crippen molar-refractivity contribution in [2.45, 2.75) is 31.8 Å². The molecule has 6 nitrogen and oxygen atoms in total. The van der Waals surface area contributed by atoms with Gasteiger partial charge in [0.1, 0.15) is 12.4 Å². The molecule has 194 valence electrons. The lowest BCUT2D eigenvalue weighted by atomic mass is 9.93. The number of methoxy groups -OCH3 is 1. The van der Waals surface area contributed by atoms with Gasteiger partial charge in [-0.1, -0.05) is 72.3 Å². The van der Waals surface area contributed by atoms with Crippen molar-refractivity contribution in [1.82, 2.24) is 4.37 Å². The lowest BCUT2D eigenvalue weighted by Crippen LogP contribution is -2.21. The zero-order valence-corrected chi connectivity index (χ0v) is 22.3. The molecule has 1 saturated carbocycles. The number of carbonyl (C=O) groups excluding carboxylic acids is 2. The van der Waals surface area contributed by atoms with E-state index in [1.54, 1.807) is 13.0 Å². The zero-order valence-electron chi connectivity index (χ0n) is 20.7. The van der Waals surface area contributed by atoms with E-state index in [1.165, 1.54) is 30.8 Å². The fourth-order valence-electron chi connectivity index (χ4n) is 4.38. The number of hydrogen-bond acceptors (Lipinski definition) is 6. The number of ether oxygens (including phenoxy) is 2. The molecule has 38 heavy (non-hydrogen) atoms. The summed E-state index contributed by atoms with van der Waals surface area (Å²) < 4.78 is 28.3. The van der Waals surface area contributed by atoms with Gasteiger partial charge in [-0.3, -0.25) is 10.1 Å². The SMILES string of the molecule is COC(=O)C1(c2ccc(-c3ccc(-c4snc(C)c4NC(=O)OCc4cccc(F)c4Cl)cc3)cc2)CC1. The smallest absolute Gasteiger partial charge is 0.412 e. The minimum Gasteiger partial charge on any atom is -0.468 e. The van der Waals surface area contributed by atoms with Gasteiger partial charge in [0, 0.05) is 5.56 Å². The molecule has 0 aliphatic heterocycles. The van der Waals surface area contributed by atoms with Crippen LogP contribution in [-0.4, -0.2) is 23.5 Å². The van der Waals surface area contributed by atoms with E-state index >= 15 is 0 Å². The number of anilines is 1. The second kappa shape index (κ2) is 10.6. The molecule has 1 aliphatic carbocycles. The summed E-state index contributed by atoms with van der Waals surface area (Å²) in [5, 5.41) is 2.69. The lowest BCUT2D eigenvalue weighted by Gasteiger charge is -2.13. The van der Waals surface area contributed by atoms with Gasteiger partial charge in [-0.25, -0.2) is 9.18 Å². The van der Waals surface area contributed by atoms with E-state index in [0.717, 1.165) is 40.0 Å². The fraction of sp³-hybridized carbons (Fsp3) is 0.207. The van der Waals surface area contributed by atoms with Gasteiger partial charge in [0.05, 0.1) is 33.8 Å². The molecule has 0 atom stereocenters. The Bertz CT molecular complexity index is 1500. The predicted molar refractivity (Wildman–Crippen MR) is 146 cm³/mol. The van der Waals surface area contributed by atoms with Crippen molar-refractivity contribution < 1.29 is 23.5 Å². The molecule has 0 radical (unpaired) electrons. The molecule has 1 amide bonds. The summed E-state index contributed by atoms with van der Waals surface area (Å²) in [5.41, 5.74) is 5.02. The van der Waals surface area contributed by atoms with Crippen LogP contribution in [0.4, 0.5) is 14.9 Å². The molecule has 1 heterocycles. The number of halogens is 2. The highest BCUT2D eigenvalue weighted by molar-refractivity contribution is 7.10. The van der Waals surface area contributed by atoms with Gasteiger partial charge in [0.25, 0.3) is 0 Å². The highest BCUT2D eigenvalue weighted by atomic mass is 35.5. The molecule has 1 aromatic heterocycles. The molecule has 5 rings (SSSR count). The summed E-state index contributed by atoms with van der Waals surface area (Å²) >= 11 is 7.22. The van der Waals surface area contributed by atoms with Crippen LogP contribution in [0.1, 0.15) is 29.7 Å². The first kappa shape index (κ1) is 25.9. The highest BCUT2D eigenvalue weighted by Crippen LogP contribution is 2.49. The minimum absolute atomic E-state index is 0.0698. The first-order chi connectivity index (χ1) is 18.3. The number of rotatable bonds is 7. The molecule has 4 aromatic rings. The van der Waals surface area contributed by atoms with E-state index in [9.17, 15) is 14.0 Å². The zero-order chi connectivity index (χ0) is 26.9. The van der Waals surface area contributed by atoms with Crippen LogP contribution in [0.3, 0.4) is 0 Å². The number of esters is 1. The van der Waals surface area contributed by atoms with Crippen LogP contribution in [0.2, 0.25) is 5.02 Å². The van der Waals surface area contributed by atoms with Crippen molar-refractivity contribution in [2.75, 3.05) is 12.4 Å².